The largest absolute Gasteiger partial charge is 0.353 e. The van der Waals surface area contributed by atoms with Gasteiger partial charge in [0.05, 0.1) is 28.3 Å². The summed E-state index contributed by atoms with van der Waals surface area (Å²) in [5.74, 6) is 0.104. The molecule has 0 atom stereocenters. The Labute approximate surface area is 305 Å². The average molecular weight is 732 g/mol. The van der Waals surface area contributed by atoms with Crippen LogP contribution in [-0.4, -0.2) is 110 Å². The predicted octanol–water partition coefficient (Wildman–Crippen LogP) is 2.29. The smallest absolute Gasteiger partial charge is 0.258 e. The number of amides is 2. The van der Waals surface area contributed by atoms with Gasteiger partial charge in [-0.3, -0.25) is 9.59 Å². The zero-order chi connectivity index (χ0) is 37.1. The van der Waals surface area contributed by atoms with Crippen LogP contribution in [0, 0.1) is 0 Å². The highest BCUT2D eigenvalue weighted by atomic mass is 32.2. The highest BCUT2D eigenvalue weighted by molar-refractivity contribution is 7.88. The summed E-state index contributed by atoms with van der Waals surface area (Å²) in [5.41, 5.74) is 3.08. The first kappa shape index (κ1) is 38.3. The van der Waals surface area contributed by atoms with Crippen molar-refractivity contribution >= 4 is 51.1 Å². The maximum Gasteiger partial charge on any atom is 0.258 e. The molecule has 0 aliphatic carbocycles. The lowest BCUT2D eigenvalue weighted by Crippen LogP contribution is -2.31. The van der Waals surface area contributed by atoms with Crippen molar-refractivity contribution in [3.63, 3.8) is 0 Å². The van der Waals surface area contributed by atoms with E-state index in [4.69, 9.17) is 0 Å². The first-order valence-electron chi connectivity index (χ1n) is 17.8. The van der Waals surface area contributed by atoms with E-state index in [1.165, 1.54) is 0 Å². The lowest BCUT2D eigenvalue weighted by atomic mass is 10.0. The van der Waals surface area contributed by atoms with Gasteiger partial charge in [0.1, 0.15) is 0 Å². The average Bonchev–Trinajstić information content (AvgIpc) is 3.68. The number of aromatic nitrogens is 3. The van der Waals surface area contributed by atoms with Crippen molar-refractivity contribution in [2.75, 3.05) is 81.4 Å². The van der Waals surface area contributed by atoms with Crippen molar-refractivity contribution in [3.8, 4) is 0 Å². The van der Waals surface area contributed by atoms with Crippen LogP contribution in [-0.2, 0) is 25.4 Å². The topological polar surface area (TPSA) is 186 Å². The molecule has 2 aromatic carbocycles. The predicted molar refractivity (Wildman–Crippen MR) is 205 cm³/mol. The van der Waals surface area contributed by atoms with Crippen molar-refractivity contribution in [1.82, 2.24) is 40.1 Å². The third-order valence-electron chi connectivity index (χ3n) is 8.89. The Bertz CT molecular complexity index is 1860. The van der Waals surface area contributed by atoms with Crippen LogP contribution in [0.25, 0.3) is 11.4 Å². The van der Waals surface area contributed by atoms with E-state index in [0.29, 0.717) is 53.5 Å². The van der Waals surface area contributed by atoms with Crippen LogP contribution in [0.2, 0.25) is 0 Å². The molecule has 16 heteroatoms. The van der Waals surface area contributed by atoms with Gasteiger partial charge >= 0.3 is 0 Å². The van der Waals surface area contributed by atoms with Gasteiger partial charge in [-0.25, -0.2) is 13.1 Å². The number of benzene rings is 2. The number of hydrogen-bond donors (Lipinski definition) is 6. The van der Waals surface area contributed by atoms with Gasteiger partial charge in [0, 0.05) is 39.3 Å². The number of anilines is 3. The third kappa shape index (κ3) is 9.91. The molecule has 0 bridgehead atoms. The lowest BCUT2D eigenvalue weighted by Gasteiger charge is -2.19. The lowest BCUT2D eigenvalue weighted by molar-refractivity contribution is -0.117. The first-order valence-corrected chi connectivity index (χ1v) is 19.5. The molecule has 2 aliphatic rings. The quantitative estimate of drug-likeness (QED) is 0.0881. The molecule has 15 nitrogen and oxygen atoms in total. The Morgan fingerprint density at radius 2 is 1.10 bits per heavy atom. The Kier molecular flexibility index (Phi) is 13.3. The van der Waals surface area contributed by atoms with Crippen LogP contribution in [0.15, 0.2) is 65.7 Å². The molecule has 2 amide bonds. The van der Waals surface area contributed by atoms with Crippen LogP contribution >= 0.6 is 0 Å². The van der Waals surface area contributed by atoms with Crippen LogP contribution in [0.5, 0.6) is 0 Å². The molecule has 0 saturated heterocycles. The molecule has 0 fully saturated rings. The van der Waals surface area contributed by atoms with Crippen LogP contribution in [0.4, 0.5) is 17.8 Å². The molecule has 5 rings (SSSR count). The molecule has 3 heterocycles. The third-order valence-corrected chi connectivity index (χ3v) is 10.2. The van der Waals surface area contributed by atoms with E-state index in [1.54, 1.807) is 24.3 Å². The number of fused-ring (bicyclic) bond motifs is 1. The fourth-order valence-corrected chi connectivity index (χ4v) is 7.16. The Morgan fingerprint density at radius 1 is 0.615 bits per heavy atom. The minimum atomic E-state index is -3.75. The molecule has 0 saturated carbocycles. The van der Waals surface area contributed by atoms with Crippen molar-refractivity contribution in [2.45, 2.75) is 33.4 Å². The number of nitrogens with one attached hydrogen (secondary N) is 6. The summed E-state index contributed by atoms with van der Waals surface area (Å²) in [6, 6.07) is 16.0. The van der Waals surface area contributed by atoms with Gasteiger partial charge in [-0.15, -0.1) is 0 Å². The monoisotopic (exact) mass is 731 g/mol. The van der Waals surface area contributed by atoms with Crippen molar-refractivity contribution in [1.29, 1.82) is 0 Å². The van der Waals surface area contributed by atoms with Crippen LogP contribution in [0.3, 0.4) is 0 Å². The van der Waals surface area contributed by atoms with Gasteiger partial charge < -0.3 is 36.4 Å². The second kappa shape index (κ2) is 18.0. The number of sulfonamides is 1. The van der Waals surface area contributed by atoms with E-state index >= 15 is 0 Å². The zero-order valence-corrected chi connectivity index (χ0v) is 31.1. The molecular formula is C36H49N11O4S. The minimum absolute atomic E-state index is 0.0884. The van der Waals surface area contributed by atoms with E-state index < -0.39 is 21.8 Å². The molecule has 0 unspecified atom stereocenters. The standard InChI is InChI=1S/C36H49N11O4S/c1-5-46(6-2)21-19-38-35-43-34(44-36(45-35)39-20-22-47(7-3)8-4)37-17-18-40-52(50,51)24-25-13-12-16-27(23-25)31-29-28(32(48)42-31)30(41-33(29)49)26-14-10-9-11-15-26/h9-16,23,40H,5-8,17-22,24H2,1-4H3,(H,41,49)(H,42,48)(H3,37,38,39,43,44,45). The highest BCUT2D eigenvalue weighted by Crippen LogP contribution is 2.37. The number of rotatable bonds is 21. The number of likely N-dealkylation sites (N-methyl/N-ethyl adjacent to an activating group) is 2. The fourth-order valence-electron chi connectivity index (χ4n) is 6.03. The SMILES string of the molecule is CCN(CC)CCNc1nc(NCCNS(=O)(=O)Cc2cccc(C3=C4C(=O)NC(c5ccccc5)=C4C(=O)N3)c2)nc(NCCN(CC)CC)n1. The van der Waals surface area contributed by atoms with Crippen molar-refractivity contribution < 1.29 is 18.0 Å². The minimum Gasteiger partial charge on any atom is -0.353 e. The molecule has 1 aromatic heterocycles. The second-order valence-corrected chi connectivity index (χ2v) is 14.1. The van der Waals surface area contributed by atoms with E-state index in [0.717, 1.165) is 44.8 Å². The number of carbonyl (C=O) groups is 2. The van der Waals surface area contributed by atoms with E-state index in [2.05, 4.69) is 83.8 Å². The fraction of sp³-hybridized carbons (Fsp3) is 0.417. The summed E-state index contributed by atoms with van der Waals surface area (Å²) in [4.78, 5) is 44.2. The molecular weight excluding hydrogens is 683 g/mol. The van der Waals surface area contributed by atoms with Crippen LogP contribution in [0.1, 0.15) is 44.4 Å². The van der Waals surface area contributed by atoms with Gasteiger partial charge in [-0.05, 0) is 48.9 Å². The van der Waals surface area contributed by atoms with Crippen LogP contribution < -0.4 is 31.3 Å². The van der Waals surface area contributed by atoms with Gasteiger partial charge in [-0.1, -0.05) is 76.2 Å². The summed E-state index contributed by atoms with van der Waals surface area (Å²) in [6.07, 6.45) is 0. The maximum atomic E-state index is 13.1. The summed E-state index contributed by atoms with van der Waals surface area (Å²) in [7, 11) is -3.75. The molecule has 6 N–H and O–H groups in total. The molecule has 52 heavy (non-hydrogen) atoms. The number of hydrogen-bond acceptors (Lipinski definition) is 12. The van der Waals surface area contributed by atoms with Gasteiger partial charge in [-0.2, -0.15) is 15.0 Å². The maximum absolute atomic E-state index is 13.1. The van der Waals surface area contributed by atoms with E-state index in [1.807, 2.05) is 30.3 Å². The Morgan fingerprint density at radius 3 is 1.62 bits per heavy atom. The van der Waals surface area contributed by atoms with Gasteiger partial charge in [0.25, 0.3) is 11.8 Å². The van der Waals surface area contributed by atoms with E-state index in [9.17, 15) is 18.0 Å². The molecule has 0 radical (unpaired) electrons. The Hall–Kier alpha value is -4.90. The highest BCUT2D eigenvalue weighted by Gasteiger charge is 2.40. The summed E-state index contributed by atoms with van der Waals surface area (Å²) >= 11 is 0. The second-order valence-electron chi connectivity index (χ2n) is 12.3. The molecule has 3 aromatic rings. The first-order chi connectivity index (χ1) is 25.1. The van der Waals surface area contributed by atoms with E-state index in [-0.39, 0.29) is 30.0 Å². The molecule has 278 valence electrons. The molecule has 0 spiro atoms. The van der Waals surface area contributed by atoms with Gasteiger partial charge in [0.15, 0.2) is 0 Å². The Balaban J connectivity index is 1.20. The number of carbonyl (C=O) groups excluding carboxylic acids is 2. The summed E-state index contributed by atoms with van der Waals surface area (Å²) in [6.45, 7) is 15.6. The summed E-state index contributed by atoms with van der Waals surface area (Å²) in [5, 5.41) is 15.3. The van der Waals surface area contributed by atoms with Crippen molar-refractivity contribution in [3.05, 3.63) is 82.4 Å². The normalized spacial score (nSPS) is 14.3. The summed E-state index contributed by atoms with van der Waals surface area (Å²) < 4.78 is 28.9. The van der Waals surface area contributed by atoms with Gasteiger partial charge in [0.2, 0.25) is 27.9 Å². The number of nitrogens with zero attached hydrogens (tertiary/aromatic N) is 5. The molecule has 2 aliphatic heterocycles. The van der Waals surface area contributed by atoms with Crippen molar-refractivity contribution in [2.24, 2.45) is 0 Å². The zero-order valence-electron chi connectivity index (χ0n) is 30.3.